The van der Waals surface area contributed by atoms with Crippen molar-refractivity contribution in [1.29, 1.82) is 0 Å². The monoisotopic (exact) mass is 350 g/mol. The first-order valence-corrected chi connectivity index (χ1v) is 8.02. The maximum atomic E-state index is 14.2. The zero-order valence-corrected chi connectivity index (χ0v) is 14.2. The number of nitrogens with two attached hydrogens (primary N) is 2. The van der Waals surface area contributed by atoms with E-state index in [-0.39, 0.29) is 11.7 Å². The van der Waals surface area contributed by atoms with Crippen molar-refractivity contribution in [3.63, 3.8) is 0 Å². The summed E-state index contributed by atoms with van der Waals surface area (Å²) in [6.07, 6.45) is 3.07. The van der Waals surface area contributed by atoms with Crippen molar-refractivity contribution >= 4 is 22.9 Å². The minimum Gasteiger partial charge on any atom is -0.402 e. The summed E-state index contributed by atoms with van der Waals surface area (Å²) in [7, 11) is 0. The van der Waals surface area contributed by atoms with E-state index >= 15 is 0 Å². The van der Waals surface area contributed by atoms with Crippen LogP contribution in [0.15, 0.2) is 72.2 Å². The van der Waals surface area contributed by atoms with Crippen LogP contribution < -0.4 is 22.1 Å². The number of anilines is 1. The van der Waals surface area contributed by atoms with E-state index in [4.69, 9.17) is 11.5 Å². The number of carbonyl (C=O) groups is 1. The molecule has 0 radical (unpaired) electrons. The van der Waals surface area contributed by atoms with Crippen LogP contribution in [-0.2, 0) is 4.79 Å². The standard InChI is InChI=1S/C20H19FN4O/c1-12(22)16(15-4-2-3-5-17(15)21)10-19-24-18(11-20(26)25-19)13-6-8-14(23)9-7-13/h2-11,24H,22-23H2,1H3,(H,25,26)/b16-12+,19-10-. The molecule has 0 aliphatic carbocycles. The van der Waals surface area contributed by atoms with Crippen LogP contribution in [0.2, 0.25) is 0 Å². The van der Waals surface area contributed by atoms with Crippen molar-refractivity contribution in [2.45, 2.75) is 6.92 Å². The lowest BCUT2D eigenvalue weighted by Gasteiger charge is -2.21. The number of amides is 1. The Morgan fingerprint density at radius 2 is 1.77 bits per heavy atom. The molecule has 2 aromatic rings. The van der Waals surface area contributed by atoms with E-state index in [1.165, 1.54) is 12.1 Å². The van der Waals surface area contributed by atoms with Crippen molar-refractivity contribution in [3.8, 4) is 0 Å². The molecule has 0 aromatic heterocycles. The molecule has 132 valence electrons. The quantitative estimate of drug-likeness (QED) is 0.640. The lowest BCUT2D eigenvalue weighted by atomic mass is 10.0. The molecule has 0 saturated carbocycles. The number of hydrogen-bond donors (Lipinski definition) is 4. The highest BCUT2D eigenvalue weighted by molar-refractivity contribution is 5.98. The SMILES string of the molecule is C/C(N)=C(/C=C1\NC(=O)C=C(c2ccc(N)cc2)N1)c1ccccc1F. The van der Waals surface area contributed by atoms with Crippen LogP contribution in [0.3, 0.4) is 0 Å². The molecule has 2 aromatic carbocycles. The third-order valence-electron chi connectivity index (χ3n) is 3.90. The Bertz CT molecular complexity index is 939. The fourth-order valence-electron chi connectivity index (χ4n) is 2.63. The van der Waals surface area contributed by atoms with Crippen LogP contribution in [0.1, 0.15) is 18.1 Å². The van der Waals surface area contributed by atoms with Crippen LogP contribution in [0.4, 0.5) is 10.1 Å². The molecular formula is C20H19FN4O. The molecule has 0 unspecified atom stereocenters. The van der Waals surface area contributed by atoms with E-state index in [1.54, 1.807) is 43.3 Å². The normalized spacial score (nSPS) is 16.5. The molecule has 1 amide bonds. The number of halogens is 1. The predicted octanol–water partition coefficient (Wildman–Crippen LogP) is 2.70. The van der Waals surface area contributed by atoms with Gasteiger partial charge in [-0.05, 0) is 36.8 Å². The average molecular weight is 350 g/mol. The van der Waals surface area contributed by atoms with Crippen molar-refractivity contribution in [2.75, 3.05) is 5.73 Å². The minimum absolute atomic E-state index is 0.288. The van der Waals surface area contributed by atoms with E-state index in [1.807, 2.05) is 12.1 Å². The number of carbonyl (C=O) groups excluding carboxylic acids is 1. The van der Waals surface area contributed by atoms with Gasteiger partial charge in [0, 0.05) is 28.6 Å². The zero-order valence-electron chi connectivity index (χ0n) is 14.2. The molecule has 6 heteroatoms. The predicted molar refractivity (Wildman–Crippen MR) is 101 cm³/mol. The van der Waals surface area contributed by atoms with Crippen LogP contribution in [0.5, 0.6) is 0 Å². The summed E-state index contributed by atoms with van der Waals surface area (Å²) in [5, 5.41) is 5.83. The lowest BCUT2D eigenvalue weighted by Crippen LogP contribution is -2.35. The minimum atomic E-state index is -0.388. The van der Waals surface area contributed by atoms with Crippen molar-refractivity contribution in [1.82, 2.24) is 10.6 Å². The summed E-state index contributed by atoms with van der Waals surface area (Å²) in [4.78, 5) is 12.1. The van der Waals surface area contributed by atoms with Crippen LogP contribution >= 0.6 is 0 Å². The van der Waals surface area contributed by atoms with Gasteiger partial charge in [-0.1, -0.05) is 30.3 Å². The number of rotatable bonds is 3. The number of benzene rings is 2. The first-order chi connectivity index (χ1) is 12.4. The first kappa shape index (κ1) is 17.3. The molecular weight excluding hydrogens is 331 g/mol. The molecule has 0 saturated heterocycles. The van der Waals surface area contributed by atoms with Crippen molar-refractivity contribution in [3.05, 3.63) is 89.1 Å². The van der Waals surface area contributed by atoms with E-state index in [2.05, 4.69) is 10.6 Å². The number of hydrogen-bond acceptors (Lipinski definition) is 4. The van der Waals surface area contributed by atoms with Gasteiger partial charge in [-0.2, -0.15) is 0 Å². The lowest BCUT2D eigenvalue weighted by molar-refractivity contribution is -0.116. The van der Waals surface area contributed by atoms with Gasteiger partial charge in [-0.3, -0.25) is 4.79 Å². The highest BCUT2D eigenvalue weighted by atomic mass is 19.1. The van der Waals surface area contributed by atoms with Crippen molar-refractivity contribution in [2.24, 2.45) is 5.73 Å². The number of allylic oxidation sites excluding steroid dienone is 3. The summed E-state index contributed by atoms with van der Waals surface area (Å²) in [6, 6.07) is 13.5. The molecule has 0 fully saturated rings. The van der Waals surface area contributed by atoms with Gasteiger partial charge in [-0.25, -0.2) is 4.39 Å². The summed E-state index contributed by atoms with van der Waals surface area (Å²) in [6.45, 7) is 1.68. The van der Waals surface area contributed by atoms with E-state index in [0.717, 1.165) is 5.56 Å². The zero-order chi connectivity index (χ0) is 18.7. The maximum absolute atomic E-state index is 14.2. The van der Waals surface area contributed by atoms with Gasteiger partial charge < -0.3 is 22.1 Å². The molecule has 3 rings (SSSR count). The third kappa shape index (κ3) is 3.75. The Labute approximate surface area is 150 Å². The second kappa shape index (κ2) is 7.14. The first-order valence-electron chi connectivity index (χ1n) is 8.02. The molecule has 0 atom stereocenters. The fraction of sp³-hybridized carbons (Fsp3) is 0.0500. The topological polar surface area (TPSA) is 93.2 Å². The van der Waals surface area contributed by atoms with Crippen molar-refractivity contribution < 1.29 is 9.18 Å². The van der Waals surface area contributed by atoms with Gasteiger partial charge in [0.2, 0.25) is 0 Å². The van der Waals surface area contributed by atoms with E-state index in [9.17, 15) is 9.18 Å². The largest absolute Gasteiger partial charge is 0.402 e. The molecule has 0 spiro atoms. The van der Waals surface area contributed by atoms with Gasteiger partial charge in [0.15, 0.2) is 0 Å². The van der Waals surface area contributed by atoms with Crippen LogP contribution in [0.25, 0.3) is 11.3 Å². The van der Waals surface area contributed by atoms with Gasteiger partial charge >= 0.3 is 0 Å². The highest BCUT2D eigenvalue weighted by Crippen LogP contribution is 2.24. The second-order valence-electron chi connectivity index (χ2n) is 5.93. The summed E-state index contributed by atoms with van der Waals surface area (Å²) >= 11 is 0. The third-order valence-corrected chi connectivity index (χ3v) is 3.90. The van der Waals surface area contributed by atoms with Gasteiger partial charge in [0.1, 0.15) is 11.6 Å². The molecule has 1 aliphatic rings. The van der Waals surface area contributed by atoms with Crippen LogP contribution in [-0.4, -0.2) is 5.91 Å². The Kier molecular flexibility index (Phi) is 4.75. The highest BCUT2D eigenvalue weighted by Gasteiger charge is 2.16. The van der Waals surface area contributed by atoms with Gasteiger partial charge in [-0.15, -0.1) is 0 Å². The fourth-order valence-corrected chi connectivity index (χ4v) is 2.63. The second-order valence-corrected chi connectivity index (χ2v) is 5.93. The molecule has 1 heterocycles. The summed E-state index contributed by atoms with van der Waals surface area (Å²) in [5.74, 6) is -0.266. The molecule has 0 bridgehead atoms. The molecule has 5 nitrogen and oxygen atoms in total. The smallest absolute Gasteiger partial charge is 0.251 e. The van der Waals surface area contributed by atoms with Gasteiger partial charge in [0.25, 0.3) is 5.91 Å². The Morgan fingerprint density at radius 1 is 1.08 bits per heavy atom. The van der Waals surface area contributed by atoms with E-state index < -0.39 is 0 Å². The summed E-state index contributed by atoms with van der Waals surface area (Å²) in [5.41, 5.74) is 15.0. The molecule has 1 aliphatic heterocycles. The van der Waals surface area contributed by atoms with Crippen LogP contribution in [0, 0.1) is 5.82 Å². The average Bonchev–Trinajstić information content (AvgIpc) is 2.60. The number of nitrogens with one attached hydrogen (secondary N) is 2. The molecule has 26 heavy (non-hydrogen) atoms. The Hall–Kier alpha value is -3.54. The Morgan fingerprint density at radius 3 is 2.42 bits per heavy atom. The summed E-state index contributed by atoms with van der Waals surface area (Å²) < 4.78 is 14.2. The number of nitrogen functional groups attached to an aromatic ring is 1. The van der Waals surface area contributed by atoms with Gasteiger partial charge in [0.05, 0.1) is 5.70 Å². The maximum Gasteiger partial charge on any atom is 0.251 e. The molecule has 6 N–H and O–H groups in total. The van der Waals surface area contributed by atoms with E-state index in [0.29, 0.717) is 34.0 Å². The Balaban J connectivity index is 1.97.